The SMILES string of the molecule is Cc1ccc(C(=O)N2CCN(CC3(C)CCNC3)CC2)cc1. The van der Waals surface area contributed by atoms with Gasteiger partial charge < -0.3 is 10.2 Å². The second-order valence-electron chi connectivity index (χ2n) is 7.17. The minimum atomic E-state index is 0.174. The standard InChI is InChI=1S/C18H27N3O/c1-15-3-5-16(6-4-15)17(22)21-11-9-20(10-12-21)14-18(2)7-8-19-13-18/h3-6,19H,7-14H2,1-2H3. The van der Waals surface area contributed by atoms with E-state index in [-0.39, 0.29) is 5.91 Å². The Hall–Kier alpha value is -1.39. The van der Waals surface area contributed by atoms with E-state index in [4.69, 9.17) is 0 Å². The van der Waals surface area contributed by atoms with Gasteiger partial charge in [-0.05, 0) is 37.4 Å². The first-order chi connectivity index (χ1) is 10.6. The average Bonchev–Trinajstić information content (AvgIpc) is 2.94. The number of aryl methyl sites for hydroxylation is 1. The molecule has 0 spiro atoms. The Bertz CT molecular complexity index is 512. The van der Waals surface area contributed by atoms with Crippen molar-refractivity contribution in [1.82, 2.24) is 15.1 Å². The van der Waals surface area contributed by atoms with E-state index < -0.39 is 0 Å². The number of piperazine rings is 1. The second-order valence-corrected chi connectivity index (χ2v) is 7.17. The highest BCUT2D eigenvalue weighted by Crippen LogP contribution is 2.26. The summed E-state index contributed by atoms with van der Waals surface area (Å²) in [6, 6.07) is 7.90. The predicted octanol–water partition coefficient (Wildman–Crippen LogP) is 1.75. The molecular weight excluding hydrogens is 274 g/mol. The van der Waals surface area contributed by atoms with E-state index in [9.17, 15) is 4.79 Å². The summed E-state index contributed by atoms with van der Waals surface area (Å²) < 4.78 is 0. The zero-order valence-electron chi connectivity index (χ0n) is 13.8. The van der Waals surface area contributed by atoms with Gasteiger partial charge in [0.05, 0.1) is 0 Å². The zero-order chi connectivity index (χ0) is 15.6. The topological polar surface area (TPSA) is 35.6 Å². The Morgan fingerprint density at radius 2 is 1.86 bits per heavy atom. The van der Waals surface area contributed by atoms with E-state index in [1.54, 1.807) is 0 Å². The number of nitrogens with zero attached hydrogens (tertiary/aromatic N) is 2. The Morgan fingerprint density at radius 1 is 1.18 bits per heavy atom. The smallest absolute Gasteiger partial charge is 0.253 e. The lowest BCUT2D eigenvalue weighted by Gasteiger charge is -2.38. The lowest BCUT2D eigenvalue weighted by molar-refractivity contribution is 0.0581. The van der Waals surface area contributed by atoms with E-state index in [0.29, 0.717) is 5.41 Å². The predicted molar refractivity (Wildman–Crippen MR) is 89.1 cm³/mol. The van der Waals surface area contributed by atoms with Crippen LogP contribution in [0.4, 0.5) is 0 Å². The van der Waals surface area contributed by atoms with Crippen molar-refractivity contribution in [2.75, 3.05) is 45.8 Å². The molecule has 0 aliphatic carbocycles. The fourth-order valence-electron chi connectivity index (χ4n) is 3.53. The van der Waals surface area contributed by atoms with Gasteiger partial charge in [0.25, 0.3) is 5.91 Å². The number of hydrogen-bond donors (Lipinski definition) is 1. The normalized spacial score (nSPS) is 26.4. The molecule has 4 heteroatoms. The Morgan fingerprint density at radius 3 is 2.45 bits per heavy atom. The highest BCUT2D eigenvalue weighted by molar-refractivity contribution is 5.94. The molecule has 2 aliphatic rings. The molecule has 1 aromatic carbocycles. The number of benzene rings is 1. The summed E-state index contributed by atoms with van der Waals surface area (Å²) in [7, 11) is 0. The van der Waals surface area contributed by atoms with E-state index in [1.807, 2.05) is 36.1 Å². The maximum Gasteiger partial charge on any atom is 0.253 e. The number of hydrogen-bond acceptors (Lipinski definition) is 3. The van der Waals surface area contributed by atoms with Crippen LogP contribution in [0.1, 0.15) is 29.3 Å². The van der Waals surface area contributed by atoms with Gasteiger partial charge in [-0.2, -0.15) is 0 Å². The van der Waals surface area contributed by atoms with Gasteiger partial charge in [0.2, 0.25) is 0 Å². The maximum atomic E-state index is 12.5. The highest BCUT2D eigenvalue weighted by Gasteiger charge is 2.32. The molecule has 1 amide bonds. The van der Waals surface area contributed by atoms with Crippen molar-refractivity contribution >= 4 is 5.91 Å². The third-order valence-corrected chi connectivity index (χ3v) is 5.02. The van der Waals surface area contributed by atoms with E-state index >= 15 is 0 Å². The Labute approximate surface area is 133 Å². The van der Waals surface area contributed by atoms with Crippen molar-refractivity contribution in [1.29, 1.82) is 0 Å². The van der Waals surface area contributed by atoms with E-state index in [2.05, 4.69) is 17.1 Å². The number of nitrogens with one attached hydrogen (secondary N) is 1. The number of rotatable bonds is 3. The molecule has 1 unspecified atom stereocenters. The minimum Gasteiger partial charge on any atom is -0.336 e. The molecule has 2 heterocycles. The molecule has 22 heavy (non-hydrogen) atoms. The fourth-order valence-corrected chi connectivity index (χ4v) is 3.53. The highest BCUT2D eigenvalue weighted by atomic mass is 16.2. The lowest BCUT2D eigenvalue weighted by Crippen LogP contribution is -2.51. The van der Waals surface area contributed by atoms with E-state index in [1.165, 1.54) is 12.0 Å². The van der Waals surface area contributed by atoms with Crippen molar-refractivity contribution in [3.05, 3.63) is 35.4 Å². The molecule has 1 atom stereocenters. The maximum absolute atomic E-state index is 12.5. The zero-order valence-corrected chi connectivity index (χ0v) is 13.8. The lowest BCUT2D eigenvalue weighted by atomic mass is 9.89. The van der Waals surface area contributed by atoms with Crippen LogP contribution >= 0.6 is 0 Å². The fraction of sp³-hybridized carbons (Fsp3) is 0.611. The number of amides is 1. The summed E-state index contributed by atoms with van der Waals surface area (Å²) in [6.07, 6.45) is 1.26. The first kappa shape index (κ1) is 15.5. The van der Waals surface area contributed by atoms with Gasteiger partial charge in [-0.1, -0.05) is 24.6 Å². The molecule has 0 aromatic heterocycles. The molecule has 1 N–H and O–H groups in total. The summed E-state index contributed by atoms with van der Waals surface area (Å²) in [5, 5.41) is 3.46. The Kier molecular flexibility index (Phi) is 4.50. The van der Waals surface area contributed by atoms with Gasteiger partial charge in [-0.15, -0.1) is 0 Å². The quantitative estimate of drug-likeness (QED) is 0.924. The summed E-state index contributed by atoms with van der Waals surface area (Å²) in [4.78, 5) is 17.0. The Balaban J connectivity index is 1.53. The minimum absolute atomic E-state index is 0.174. The van der Waals surface area contributed by atoms with Crippen LogP contribution in [0.2, 0.25) is 0 Å². The number of carbonyl (C=O) groups excluding carboxylic acids is 1. The van der Waals surface area contributed by atoms with Gasteiger partial charge in [-0.3, -0.25) is 9.69 Å². The molecule has 2 saturated heterocycles. The monoisotopic (exact) mass is 301 g/mol. The summed E-state index contributed by atoms with van der Waals surface area (Å²) >= 11 is 0. The molecule has 2 aliphatic heterocycles. The van der Waals surface area contributed by atoms with E-state index in [0.717, 1.165) is 51.4 Å². The molecule has 3 rings (SSSR count). The van der Waals surface area contributed by atoms with Crippen molar-refractivity contribution in [3.63, 3.8) is 0 Å². The van der Waals surface area contributed by atoms with Crippen LogP contribution in [-0.4, -0.2) is 61.5 Å². The molecule has 0 saturated carbocycles. The molecule has 4 nitrogen and oxygen atoms in total. The van der Waals surface area contributed by atoms with Crippen molar-refractivity contribution in [3.8, 4) is 0 Å². The first-order valence-electron chi connectivity index (χ1n) is 8.35. The summed E-state index contributed by atoms with van der Waals surface area (Å²) in [6.45, 7) is 11.5. The van der Waals surface area contributed by atoms with Crippen LogP contribution in [0.3, 0.4) is 0 Å². The molecule has 0 bridgehead atoms. The third kappa shape index (κ3) is 3.50. The average molecular weight is 301 g/mol. The largest absolute Gasteiger partial charge is 0.336 e. The van der Waals surface area contributed by atoms with Crippen molar-refractivity contribution in [2.24, 2.45) is 5.41 Å². The number of carbonyl (C=O) groups is 1. The first-order valence-corrected chi connectivity index (χ1v) is 8.35. The van der Waals surface area contributed by atoms with Crippen LogP contribution in [0.15, 0.2) is 24.3 Å². The molecule has 2 fully saturated rings. The van der Waals surface area contributed by atoms with Crippen molar-refractivity contribution in [2.45, 2.75) is 20.3 Å². The second kappa shape index (κ2) is 6.39. The van der Waals surface area contributed by atoms with Crippen LogP contribution in [0.25, 0.3) is 0 Å². The molecule has 1 aromatic rings. The summed E-state index contributed by atoms with van der Waals surface area (Å²) in [5.74, 6) is 0.174. The van der Waals surface area contributed by atoms with Crippen LogP contribution in [0, 0.1) is 12.3 Å². The van der Waals surface area contributed by atoms with Gasteiger partial charge >= 0.3 is 0 Å². The van der Waals surface area contributed by atoms with Gasteiger partial charge in [-0.25, -0.2) is 0 Å². The van der Waals surface area contributed by atoms with Gasteiger partial charge in [0.1, 0.15) is 0 Å². The molecule has 120 valence electrons. The van der Waals surface area contributed by atoms with Crippen molar-refractivity contribution < 1.29 is 4.79 Å². The summed E-state index contributed by atoms with van der Waals surface area (Å²) in [5.41, 5.74) is 2.41. The van der Waals surface area contributed by atoms with Gasteiger partial charge in [0, 0.05) is 44.8 Å². The molecular formula is C18H27N3O. The van der Waals surface area contributed by atoms with Gasteiger partial charge in [0.15, 0.2) is 0 Å². The molecule has 0 radical (unpaired) electrons. The van der Waals surface area contributed by atoms with Crippen LogP contribution < -0.4 is 5.32 Å². The van der Waals surface area contributed by atoms with Crippen LogP contribution in [-0.2, 0) is 0 Å². The van der Waals surface area contributed by atoms with Crippen LogP contribution in [0.5, 0.6) is 0 Å². The third-order valence-electron chi connectivity index (χ3n) is 5.02.